The Bertz CT molecular complexity index is 396. The van der Waals surface area contributed by atoms with Gasteiger partial charge >= 0.3 is 17.9 Å². The van der Waals surface area contributed by atoms with Gasteiger partial charge in [-0.15, -0.1) is 0 Å². The van der Waals surface area contributed by atoms with Crippen LogP contribution in [-0.4, -0.2) is 37.7 Å². The predicted molar refractivity (Wildman–Crippen MR) is 113 cm³/mol. The van der Waals surface area contributed by atoms with E-state index in [1.165, 1.54) is 0 Å². The first-order chi connectivity index (χ1) is 13.9. The van der Waals surface area contributed by atoms with Gasteiger partial charge in [0.1, 0.15) is 19.8 Å². The second-order valence-corrected chi connectivity index (χ2v) is 8.16. The highest BCUT2D eigenvalue weighted by Gasteiger charge is 2.30. The molecule has 0 spiro atoms. The van der Waals surface area contributed by atoms with E-state index >= 15 is 0 Å². The third kappa shape index (κ3) is 16.0. The van der Waals surface area contributed by atoms with Crippen LogP contribution in [0.1, 0.15) is 105 Å². The minimum Gasteiger partial charge on any atom is -0.465 e. The second-order valence-electron chi connectivity index (χ2n) is 8.16. The monoisotopic (exact) mass is 414 g/mol. The number of carbonyl (C=O) groups excluding carboxylic acids is 3. The summed E-state index contributed by atoms with van der Waals surface area (Å²) in [6, 6.07) is 0. The fraction of sp³-hybridized carbons (Fsp3) is 0.870. The number of esters is 3. The summed E-state index contributed by atoms with van der Waals surface area (Å²) in [5.74, 6) is -0.811. The Labute approximate surface area is 177 Å². The van der Waals surface area contributed by atoms with E-state index in [1.807, 2.05) is 6.92 Å². The van der Waals surface area contributed by atoms with Crippen LogP contribution >= 0.6 is 0 Å². The zero-order valence-corrected chi connectivity index (χ0v) is 19.1. The van der Waals surface area contributed by atoms with Crippen LogP contribution in [0.4, 0.5) is 0 Å². The van der Waals surface area contributed by atoms with Crippen LogP contribution in [0.3, 0.4) is 0 Å². The van der Waals surface area contributed by atoms with Gasteiger partial charge in [-0.2, -0.15) is 0 Å². The minimum atomic E-state index is -0.749. The summed E-state index contributed by atoms with van der Waals surface area (Å²) >= 11 is 0. The fourth-order valence-electron chi connectivity index (χ4n) is 2.66. The number of ether oxygens (including phenoxy) is 3. The van der Waals surface area contributed by atoms with Crippen LogP contribution in [0.15, 0.2) is 0 Å². The number of carbonyl (C=O) groups is 3. The Morgan fingerprint density at radius 2 is 0.828 bits per heavy atom. The summed E-state index contributed by atoms with van der Waals surface area (Å²) in [5, 5.41) is 0. The molecule has 0 aromatic carbocycles. The van der Waals surface area contributed by atoms with Crippen LogP contribution in [0, 0.1) is 5.41 Å². The quantitative estimate of drug-likeness (QED) is 0.171. The zero-order chi connectivity index (χ0) is 22.0. The van der Waals surface area contributed by atoms with Crippen molar-refractivity contribution in [2.75, 3.05) is 19.8 Å². The molecular formula is C23H42O6. The van der Waals surface area contributed by atoms with Crippen molar-refractivity contribution < 1.29 is 28.6 Å². The molecule has 0 radical (unpaired) electrons. The van der Waals surface area contributed by atoms with Crippen molar-refractivity contribution in [1.29, 1.82) is 0 Å². The fourth-order valence-corrected chi connectivity index (χ4v) is 2.66. The number of hydrogen-bond donors (Lipinski definition) is 0. The molecular weight excluding hydrogens is 372 g/mol. The van der Waals surface area contributed by atoms with Crippen LogP contribution in [0.5, 0.6) is 0 Å². The lowest BCUT2D eigenvalue weighted by atomic mass is 9.94. The summed E-state index contributed by atoms with van der Waals surface area (Å²) < 4.78 is 16.2. The summed E-state index contributed by atoms with van der Waals surface area (Å²) in [6.45, 7) is 8.21. The molecule has 0 rings (SSSR count). The molecule has 0 amide bonds. The number of hydrogen-bond acceptors (Lipinski definition) is 6. The largest absolute Gasteiger partial charge is 0.465 e. The standard InChI is InChI=1S/C23H42O6/c1-5-8-11-14-20(24)27-17-23(4,18-28-21(25)15-12-9-6-2)19-29-22(26)16-13-10-7-3/h5-19H2,1-4H3. The van der Waals surface area contributed by atoms with E-state index in [-0.39, 0.29) is 37.7 Å². The van der Waals surface area contributed by atoms with Crippen molar-refractivity contribution in [3.63, 3.8) is 0 Å². The Hall–Kier alpha value is -1.59. The van der Waals surface area contributed by atoms with Gasteiger partial charge in [-0.05, 0) is 26.2 Å². The van der Waals surface area contributed by atoms with E-state index in [0.29, 0.717) is 19.3 Å². The van der Waals surface area contributed by atoms with Gasteiger partial charge in [-0.25, -0.2) is 0 Å². The first-order valence-corrected chi connectivity index (χ1v) is 11.3. The first-order valence-electron chi connectivity index (χ1n) is 11.3. The van der Waals surface area contributed by atoms with Gasteiger partial charge < -0.3 is 14.2 Å². The maximum Gasteiger partial charge on any atom is 0.305 e. The first kappa shape index (κ1) is 27.4. The molecule has 0 aromatic heterocycles. The molecule has 6 nitrogen and oxygen atoms in total. The molecule has 29 heavy (non-hydrogen) atoms. The van der Waals surface area contributed by atoms with Crippen molar-refractivity contribution in [1.82, 2.24) is 0 Å². The number of rotatable bonds is 18. The lowest BCUT2D eigenvalue weighted by molar-refractivity contribution is -0.160. The molecule has 0 aliphatic carbocycles. The van der Waals surface area contributed by atoms with Crippen molar-refractivity contribution in [3.05, 3.63) is 0 Å². The van der Waals surface area contributed by atoms with Gasteiger partial charge in [0.05, 0.1) is 5.41 Å². The van der Waals surface area contributed by atoms with Gasteiger partial charge in [0, 0.05) is 19.3 Å². The van der Waals surface area contributed by atoms with E-state index in [1.54, 1.807) is 0 Å². The van der Waals surface area contributed by atoms with Crippen LogP contribution < -0.4 is 0 Å². The SMILES string of the molecule is CCCCCC(=O)OCC(C)(COC(=O)CCCCC)COC(=O)CCCCC. The Morgan fingerprint density at radius 1 is 0.552 bits per heavy atom. The Balaban J connectivity index is 4.60. The van der Waals surface area contributed by atoms with E-state index in [4.69, 9.17) is 14.2 Å². The average Bonchev–Trinajstić information content (AvgIpc) is 2.70. The van der Waals surface area contributed by atoms with Gasteiger partial charge in [-0.3, -0.25) is 14.4 Å². The predicted octanol–water partition coefficient (Wildman–Crippen LogP) is 5.36. The molecule has 6 heteroatoms. The number of unbranched alkanes of at least 4 members (excludes halogenated alkanes) is 6. The summed E-state index contributed by atoms with van der Waals surface area (Å²) in [4.78, 5) is 35.9. The van der Waals surface area contributed by atoms with E-state index < -0.39 is 5.41 Å². The third-order valence-electron chi connectivity index (χ3n) is 4.70. The maximum absolute atomic E-state index is 12.0. The molecule has 0 saturated carbocycles. The van der Waals surface area contributed by atoms with Crippen molar-refractivity contribution in [2.24, 2.45) is 5.41 Å². The topological polar surface area (TPSA) is 78.9 Å². The summed E-state index contributed by atoms with van der Waals surface area (Å²) in [7, 11) is 0. The molecule has 0 aromatic rings. The van der Waals surface area contributed by atoms with Crippen molar-refractivity contribution >= 4 is 17.9 Å². The molecule has 0 aliphatic rings. The van der Waals surface area contributed by atoms with Crippen molar-refractivity contribution in [3.8, 4) is 0 Å². The smallest absolute Gasteiger partial charge is 0.305 e. The van der Waals surface area contributed by atoms with Crippen LogP contribution in [-0.2, 0) is 28.6 Å². The molecule has 0 fully saturated rings. The highest BCUT2D eigenvalue weighted by molar-refractivity contribution is 5.70. The van der Waals surface area contributed by atoms with Crippen LogP contribution in [0.25, 0.3) is 0 Å². The Morgan fingerprint density at radius 3 is 1.07 bits per heavy atom. The molecule has 0 bridgehead atoms. The average molecular weight is 415 g/mol. The van der Waals surface area contributed by atoms with Gasteiger partial charge in [-0.1, -0.05) is 59.3 Å². The lowest BCUT2D eigenvalue weighted by Crippen LogP contribution is -2.37. The second kappa shape index (κ2) is 17.3. The van der Waals surface area contributed by atoms with Crippen LogP contribution in [0.2, 0.25) is 0 Å². The Kier molecular flexibility index (Phi) is 16.3. The summed E-state index contributed by atoms with van der Waals surface area (Å²) in [5.41, 5.74) is -0.749. The van der Waals surface area contributed by atoms with Crippen molar-refractivity contribution in [2.45, 2.75) is 105 Å². The molecule has 0 N–H and O–H groups in total. The molecule has 0 unspecified atom stereocenters. The maximum atomic E-state index is 12.0. The van der Waals surface area contributed by atoms with Gasteiger partial charge in [0.25, 0.3) is 0 Å². The minimum absolute atomic E-state index is 0.0580. The third-order valence-corrected chi connectivity index (χ3v) is 4.70. The van der Waals surface area contributed by atoms with Gasteiger partial charge in [0.2, 0.25) is 0 Å². The molecule has 0 heterocycles. The molecule has 0 aliphatic heterocycles. The van der Waals surface area contributed by atoms with E-state index in [0.717, 1.165) is 57.8 Å². The molecule has 0 saturated heterocycles. The lowest BCUT2D eigenvalue weighted by Gasteiger charge is -2.28. The van der Waals surface area contributed by atoms with Gasteiger partial charge in [0.15, 0.2) is 0 Å². The molecule has 170 valence electrons. The molecule has 0 atom stereocenters. The van der Waals surface area contributed by atoms with E-state index in [2.05, 4.69) is 20.8 Å². The zero-order valence-electron chi connectivity index (χ0n) is 19.1. The highest BCUT2D eigenvalue weighted by atomic mass is 16.6. The normalized spacial score (nSPS) is 11.2. The summed E-state index contributed by atoms with van der Waals surface area (Å²) in [6.07, 6.45) is 9.56. The van der Waals surface area contributed by atoms with E-state index in [9.17, 15) is 14.4 Å². The highest BCUT2D eigenvalue weighted by Crippen LogP contribution is 2.20.